The topological polar surface area (TPSA) is 41.9 Å². The fraction of sp³-hybridized carbons (Fsp3) is 0.0926. The van der Waals surface area contributed by atoms with Gasteiger partial charge in [0.15, 0.2) is 17.5 Å². The molecule has 3 aliphatic carbocycles. The second-order valence-corrected chi connectivity index (χ2v) is 16.2. The third kappa shape index (κ3) is 4.27. The van der Waals surface area contributed by atoms with E-state index in [2.05, 4.69) is 181 Å². The Kier molecular flexibility index (Phi) is 6.57. The minimum absolute atomic E-state index is 0.304. The molecule has 0 saturated heterocycles. The molecule has 2 atom stereocenters. The fourth-order valence-electron chi connectivity index (χ4n) is 11.0. The highest BCUT2D eigenvalue weighted by atomic mass is 15.2. The van der Waals surface area contributed by atoms with Crippen LogP contribution in [0.5, 0.6) is 0 Å². The third-order valence-electron chi connectivity index (χ3n) is 13.3. The number of hydrogen-bond donors (Lipinski definition) is 0. The number of allylic oxidation sites excluding steroid dienone is 1. The zero-order valence-electron chi connectivity index (χ0n) is 31.7. The van der Waals surface area contributed by atoms with E-state index >= 15 is 0 Å². The Balaban J connectivity index is 1.02. The molecular weight excluding hydrogens is 705 g/mol. The number of rotatable bonds is 4. The number of hydrogen-bond acceptors (Lipinski definition) is 4. The summed E-state index contributed by atoms with van der Waals surface area (Å²) in [5, 5.41) is 5.27. The number of fused-ring (bicyclic) bond motifs is 10. The van der Waals surface area contributed by atoms with Crippen molar-refractivity contribution in [1.82, 2.24) is 15.0 Å². The summed E-state index contributed by atoms with van der Waals surface area (Å²) in [6.07, 6.45) is 6.97. The van der Waals surface area contributed by atoms with E-state index in [9.17, 15) is 0 Å². The second-order valence-electron chi connectivity index (χ2n) is 16.2. The van der Waals surface area contributed by atoms with Gasteiger partial charge in [0.25, 0.3) is 0 Å². The van der Waals surface area contributed by atoms with E-state index < -0.39 is 5.41 Å². The highest BCUT2D eigenvalue weighted by Crippen LogP contribution is 2.62. The van der Waals surface area contributed by atoms with E-state index in [1.807, 2.05) is 6.07 Å². The first kappa shape index (κ1) is 32.0. The molecule has 9 aromatic rings. The minimum atomic E-state index is -0.461. The number of para-hydroxylation sites is 1. The van der Waals surface area contributed by atoms with Crippen LogP contribution in [-0.4, -0.2) is 21.0 Å². The van der Waals surface area contributed by atoms with Gasteiger partial charge in [-0.25, -0.2) is 15.0 Å². The van der Waals surface area contributed by atoms with Gasteiger partial charge in [0, 0.05) is 40.0 Å². The van der Waals surface area contributed by atoms with Crippen molar-refractivity contribution in [2.45, 2.75) is 30.2 Å². The summed E-state index contributed by atoms with van der Waals surface area (Å²) in [5.41, 5.74) is 14.2. The fourth-order valence-corrected chi connectivity index (χ4v) is 11.0. The molecule has 4 nitrogen and oxygen atoms in total. The zero-order valence-corrected chi connectivity index (χ0v) is 31.7. The van der Waals surface area contributed by atoms with Crippen LogP contribution in [0, 0.1) is 0 Å². The zero-order chi connectivity index (χ0) is 38.0. The average Bonchev–Trinajstić information content (AvgIpc) is 3.91. The molecule has 0 saturated carbocycles. The molecular formula is C54H36N4. The van der Waals surface area contributed by atoms with Gasteiger partial charge in [-0.15, -0.1) is 0 Å². The highest BCUT2D eigenvalue weighted by Gasteiger charge is 2.51. The van der Waals surface area contributed by atoms with E-state index in [-0.39, 0.29) is 0 Å². The summed E-state index contributed by atoms with van der Waals surface area (Å²) < 4.78 is 0. The summed E-state index contributed by atoms with van der Waals surface area (Å²) in [4.78, 5) is 18.4. The van der Waals surface area contributed by atoms with Crippen LogP contribution >= 0.6 is 0 Å². The van der Waals surface area contributed by atoms with Crippen molar-refractivity contribution in [2.75, 3.05) is 4.90 Å². The molecule has 4 heteroatoms. The molecule has 2 unspecified atom stereocenters. The molecule has 4 aliphatic rings. The predicted molar refractivity (Wildman–Crippen MR) is 235 cm³/mol. The lowest BCUT2D eigenvalue weighted by Crippen LogP contribution is -2.30. The second kappa shape index (κ2) is 11.9. The molecule has 8 aromatic carbocycles. The van der Waals surface area contributed by atoms with Crippen LogP contribution in [0.3, 0.4) is 0 Å². The monoisotopic (exact) mass is 740 g/mol. The molecule has 0 bridgehead atoms. The SMILES string of the molecule is C1=CC2c3cc(-c4nc(-c5ccccc5)nc(-c5ccc6c(c5)C5(c7ccccc7-6)c6cccc7ccc8cccc5c8c67)n4)ccc3N(c3ccccc3)C2CC1. The lowest BCUT2D eigenvalue weighted by atomic mass is 9.70. The van der Waals surface area contributed by atoms with Crippen LogP contribution in [0.4, 0.5) is 11.4 Å². The molecule has 58 heavy (non-hydrogen) atoms. The lowest BCUT2D eigenvalue weighted by molar-refractivity contribution is 0.565. The number of benzene rings is 8. The Hall–Kier alpha value is -7.17. The molecule has 0 fully saturated rings. The van der Waals surface area contributed by atoms with Crippen molar-refractivity contribution in [3.8, 4) is 45.3 Å². The average molecular weight is 741 g/mol. The summed E-state index contributed by atoms with van der Waals surface area (Å²) in [6, 6.07) is 62.5. The molecule has 0 N–H and O–H groups in total. The van der Waals surface area contributed by atoms with Crippen molar-refractivity contribution in [2.24, 2.45) is 0 Å². The van der Waals surface area contributed by atoms with Crippen molar-refractivity contribution >= 4 is 32.9 Å². The summed E-state index contributed by atoms with van der Waals surface area (Å²) in [5.74, 6) is 2.33. The maximum atomic E-state index is 5.36. The van der Waals surface area contributed by atoms with Gasteiger partial charge in [-0.2, -0.15) is 0 Å². The van der Waals surface area contributed by atoms with E-state index in [0.717, 1.165) is 29.5 Å². The van der Waals surface area contributed by atoms with E-state index in [0.29, 0.717) is 29.4 Å². The van der Waals surface area contributed by atoms with Crippen LogP contribution < -0.4 is 4.90 Å². The third-order valence-corrected chi connectivity index (χ3v) is 13.3. The molecule has 1 spiro atoms. The van der Waals surface area contributed by atoms with Crippen molar-refractivity contribution in [1.29, 1.82) is 0 Å². The standard InChI is InChI=1S/C54H36N4/c1-3-13-35(14-4-1)51-55-52(36-28-30-48-42(31-36)41-20-8-10-24-47(41)58(48)38-17-5-2-6-18-38)57-53(56-51)37-27-29-40-39-19-7-9-21-43(39)54(46(40)32-37)44-22-11-15-33-25-26-34-16-12-23-45(54)50(34)49(33)44/h1-9,11-23,25-32,41,47H,10,24H2. The van der Waals surface area contributed by atoms with Gasteiger partial charge in [-0.3, -0.25) is 0 Å². The molecule has 1 aliphatic heterocycles. The maximum Gasteiger partial charge on any atom is 0.164 e. The van der Waals surface area contributed by atoms with Gasteiger partial charge in [0.05, 0.1) is 5.41 Å². The van der Waals surface area contributed by atoms with Crippen molar-refractivity contribution < 1.29 is 0 Å². The Labute approximate surface area is 336 Å². The predicted octanol–water partition coefficient (Wildman–Crippen LogP) is 12.8. The van der Waals surface area contributed by atoms with E-state index in [1.165, 1.54) is 71.9 Å². The van der Waals surface area contributed by atoms with Gasteiger partial charge >= 0.3 is 0 Å². The molecule has 0 amide bonds. The van der Waals surface area contributed by atoms with Gasteiger partial charge in [-0.05, 0) is 110 Å². The Morgan fingerprint density at radius 1 is 0.483 bits per heavy atom. The molecule has 13 rings (SSSR count). The normalized spacial score (nSPS) is 17.6. The first-order valence-corrected chi connectivity index (χ1v) is 20.4. The molecule has 1 aromatic heterocycles. The summed E-state index contributed by atoms with van der Waals surface area (Å²) >= 11 is 0. The van der Waals surface area contributed by atoms with Gasteiger partial charge in [0.1, 0.15) is 0 Å². The number of nitrogens with zero attached hydrogens (tertiary/aromatic N) is 4. The maximum absolute atomic E-state index is 5.36. The Morgan fingerprint density at radius 2 is 1.09 bits per heavy atom. The molecule has 0 radical (unpaired) electrons. The smallest absolute Gasteiger partial charge is 0.164 e. The highest BCUT2D eigenvalue weighted by molar-refractivity contribution is 6.17. The van der Waals surface area contributed by atoms with Crippen LogP contribution in [0.2, 0.25) is 0 Å². The first-order valence-electron chi connectivity index (χ1n) is 20.4. The van der Waals surface area contributed by atoms with E-state index in [4.69, 9.17) is 15.0 Å². The Morgan fingerprint density at radius 3 is 1.83 bits per heavy atom. The summed E-state index contributed by atoms with van der Waals surface area (Å²) in [7, 11) is 0. The largest absolute Gasteiger partial charge is 0.337 e. The first-order chi connectivity index (χ1) is 28.8. The number of anilines is 2. The van der Waals surface area contributed by atoms with Crippen LogP contribution in [0.1, 0.15) is 46.6 Å². The minimum Gasteiger partial charge on any atom is -0.337 e. The van der Waals surface area contributed by atoms with Crippen LogP contribution in [-0.2, 0) is 5.41 Å². The summed E-state index contributed by atoms with van der Waals surface area (Å²) in [6.45, 7) is 0. The van der Waals surface area contributed by atoms with Crippen LogP contribution in [0.25, 0.3) is 66.8 Å². The van der Waals surface area contributed by atoms with Gasteiger partial charge in [0.2, 0.25) is 0 Å². The quantitative estimate of drug-likeness (QED) is 0.133. The lowest BCUT2D eigenvalue weighted by Gasteiger charge is -2.31. The molecule has 2 heterocycles. The number of aromatic nitrogens is 3. The van der Waals surface area contributed by atoms with E-state index in [1.54, 1.807) is 0 Å². The van der Waals surface area contributed by atoms with Crippen molar-refractivity contribution in [3.63, 3.8) is 0 Å². The van der Waals surface area contributed by atoms with Crippen molar-refractivity contribution in [3.05, 3.63) is 210 Å². The van der Waals surface area contributed by atoms with Gasteiger partial charge < -0.3 is 4.90 Å². The Bertz CT molecular complexity index is 3140. The molecule has 272 valence electrons. The van der Waals surface area contributed by atoms with Gasteiger partial charge in [-0.1, -0.05) is 146 Å². The van der Waals surface area contributed by atoms with Crippen LogP contribution in [0.15, 0.2) is 182 Å².